The molecule has 8 nitrogen and oxygen atoms in total. The van der Waals surface area contributed by atoms with E-state index in [9.17, 15) is 9.59 Å². The van der Waals surface area contributed by atoms with Gasteiger partial charge in [0.2, 0.25) is 11.8 Å². The number of nitrogens with zero attached hydrogens (tertiary/aromatic N) is 3. The minimum absolute atomic E-state index is 0.0451. The third kappa shape index (κ3) is 5.33. The lowest BCUT2D eigenvalue weighted by Crippen LogP contribution is -2.41. The van der Waals surface area contributed by atoms with Crippen LogP contribution in [0.5, 0.6) is 0 Å². The van der Waals surface area contributed by atoms with Crippen molar-refractivity contribution in [1.29, 1.82) is 0 Å². The first-order chi connectivity index (χ1) is 17.0. The monoisotopic (exact) mass is 480 g/mol. The Hall–Kier alpha value is -2.58. The Morgan fingerprint density at radius 3 is 2.49 bits per heavy atom. The molecule has 4 aliphatic rings. The molecule has 1 saturated heterocycles. The summed E-state index contributed by atoms with van der Waals surface area (Å²) in [4.78, 5) is 28.2. The fourth-order valence-electron chi connectivity index (χ4n) is 6.08. The lowest BCUT2D eigenvalue weighted by molar-refractivity contribution is -0.124. The minimum Gasteiger partial charge on any atom is -0.356 e. The Kier molecular flexibility index (Phi) is 7.29. The zero-order chi connectivity index (χ0) is 24.4. The van der Waals surface area contributed by atoms with E-state index in [-0.39, 0.29) is 17.7 Å². The Morgan fingerprint density at radius 1 is 0.971 bits per heavy atom. The Labute approximate surface area is 209 Å². The van der Waals surface area contributed by atoms with Gasteiger partial charge >= 0.3 is 0 Å². The summed E-state index contributed by atoms with van der Waals surface area (Å²) < 4.78 is 0. The molecule has 1 aromatic carbocycles. The molecule has 0 unspecified atom stereocenters. The number of fused-ring (bicyclic) bond motifs is 1. The van der Waals surface area contributed by atoms with E-state index in [1.54, 1.807) is 0 Å². The van der Waals surface area contributed by atoms with Crippen LogP contribution in [0.1, 0.15) is 44.9 Å². The van der Waals surface area contributed by atoms with Crippen LogP contribution < -0.4 is 20.9 Å². The highest BCUT2D eigenvalue weighted by atomic mass is 16.2. The van der Waals surface area contributed by atoms with Crippen LogP contribution in [0.3, 0.4) is 0 Å². The van der Waals surface area contributed by atoms with Crippen molar-refractivity contribution >= 4 is 23.2 Å². The molecule has 0 spiro atoms. The fraction of sp³-hybridized carbons (Fsp3) is 0.630. The minimum atomic E-state index is 0.0451. The SMILES string of the molecule is CN1CC2=C(Nc3ccccc3N(C(=O)C3CCC(CNC(=O)CC4CCNCC4)CC3)C2)N1C. The number of piperidine rings is 1. The molecule has 0 bridgehead atoms. The summed E-state index contributed by atoms with van der Waals surface area (Å²) in [5.41, 5.74) is 3.19. The van der Waals surface area contributed by atoms with Gasteiger partial charge in [-0.1, -0.05) is 12.1 Å². The van der Waals surface area contributed by atoms with Crippen LogP contribution in [-0.4, -0.2) is 68.7 Å². The lowest BCUT2D eigenvalue weighted by Gasteiger charge is -2.33. The van der Waals surface area contributed by atoms with E-state index in [1.807, 2.05) is 17.0 Å². The number of benzene rings is 1. The number of rotatable bonds is 5. The fourth-order valence-corrected chi connectivity index (χ4v) is 6.08. The summed E-state index contributed by atoms with van der Waals surface area (Å²) >= 11 is 0. The number of nitrogens with one attached hydrogen (secondary N) is 3. The van der Waals surface area contributed by atoms with E-state index < -0.39 is 0 Å². The summed E-state index contributed by atoms with van der Waals surface area (Å²) in [5.74, 6) is 2.55. The van der Waals surface area contributed by atoms with Crippen molar-refractivity contribution in [2.45, 2.75) is 44.9 Å². The van der Waals surface area contributed by atoms with Crippen molar-refractivity contribution in [3.8, 4) is 0 Å². The second-order valence-corrected chi connectivity index (χ2v) is 10.8. The van der Waals surface area contributed by atoms with Crippen molar-refractivity contribution in [2.75, 3.05) is 57.0 Å². The van der Waals surface area contributed by atoms with Gasteiger partial charge in [0.25, 0.3) is 0 Å². The number of para-hydroxylation sites is 2. The van der Waals surface area contributed by atoms with Gasteiger partial charge in [-0.3, -0.25) is 14.6 Å². The molecule has 2 amide bonds. The first-order valence-corrected chi connectivity index (χ1v) is 13.3. The van der Waals surface area contributed by atoms with Crippen molar-refractivity contribution in [3.63, 3.8) is 0 Å². The van der Waals surface area contributed by atoms with Gasteiger partial charge in [-0.25, -0.2) is 5.01 Å². The van der Waals surface area contributed by atoms with E-state index in [0.29, 0.717) is 24.8 Å². The highest BCUT2D eigenvalue weighted by Gasteiger charge is 2.36. The van der Waals surface area contributed by atoms with Crippen molar-refractivity contribution < 1.29 is 9.59 Å². The number of anilines is 2. The first-order valence-electron chi connectivity index (χ1n) is 13.3. The summed E-state index contributed by atoms with van der Waals surface area (Å²) in [5, 5.41) is 14.4. The largest absolute Gasteiger partial charge is 0.356 e. The average molecular weight is 481 g/mol. The van der Waals surface area contributed by atoms with Crippen molar-refractivity contribution in [2.24, 2.45) is 17.8 Å². The second kappa shape index (κ2) is 10.6. The van der Waals surface area contributed by atoms with Crippen LogP contribution in [-0.2, 0) is 9.59 Å². The summed E-state index contributed by atoms with van der Waals surface area (Å²) in [7, 11) is 4.13. The lowest BCUT2D eigenvalue weighted by atomic mass is 9.81. The Bertz CT molecular complexity index is 964. The maximum Gasteiger partial charge on any atom is 0.230 e. The number of likely N-dealkylation sites (N-methyl/N-ethyl adjacent to an activating group) is 1. The van der Waals surface area contributed by atoms with Crippen LogP contribution in [0.2, 0.25) is 0 Å². The summed E-state index contributed by atoms with van der Waals surface area (Å²) in [6, 6.07) is 8.14. The summed E-state index contributed by atoms with van der Waals surface area (Å²) in [6.45, 7) is 4.25. The highest BCUT2D eigenvalue weighted by Crippen LogP contribution is 2.37. The summed E-state index contributed by atoms with van der Waals surface area (Å²) in [6.07, 6.45) is 6.63. The van der Waals surface area contributed by atoms with Gasteiger partial charge in [0, 0.05) is 45.1 Å². The molecule has 0 aromatic heterocycles. The van der Waals surface area contributed by atoms with Gasteiger partial charge in [-0.05, 0) is 75.6 Å². The van der Waals surface area contributed by atoms with E-state index in [0.717, 1.165) is 81.9 Å². The van der Waals surface area contributed by atoms with E-state index in [4.69, 9.17) is 0 Å². The molecule has 3 aliphatic heterocycles. The predicted octanol–water partition coefficient (Wildman–Crippen LogP) is 2.76. The molecule has 3 N–H and O–H groups in total. The third-order valence-electron chi connectivity index (χ3n) is 8.37. The average Bonchev–Trinajstić information content (AvgIpc) is 3.04. The Balaban J connectivity index is 1.17. The van der Waals surface area contributed by atoms with E-state index in [1.165, 1.54) is 5.57 Å². The van der Waals surface area contributed by atoms with Gasteiger partial charge < -0.3 is 20.9 Å². The molecule has 1 aromatic rings. The molecule has 0 atom stereocenters. The normalized spacial score (nSPS) is 25.5. The first kappa shape index (κ1) is 24.1. The van der Waals surface area contributed by atoms with Gasteiger partial charge in [-0.15, -0.1) is 0 Å². The number of hydrazine groups is 1. The smallest absolute Gasteiger partial charge is 0.230 e. The number of amides is 2. The molecular formula is C27H40N6O2. The zero-order valence-electron chi connectivity index (χ0n) is 21.2. The van der Waals surface area contributed by atoms with Crippen LogP contribution in [0.15, 0.2) is 35.7 Å². The van der Waals surface area contributed by atoms with Crippen LogP contribution in [0.4, 0.5) is 11.4 Å². The molecular weight excluding hydrogens is 440 g/mol. The molecule has 3 heterocycles. The van der Waals surface area contributed by atoms with E-state index >= 15 is 0 Å². The van der Waals surface area contributed by atoms with Crippen LogP contribution in [0.25, 0.3) is 0 Å². The van der Waals surface area contributed by atoms with Gasteiger partial charge in [0.1, 0.15) is 5.82 Å². The Morgan fingerprint density at radius 2 is 1.71 bits per heavy atom. The van der Waals surface area contributed by atoms with E-state index in [2.05, 4.69) is 52.2 Å². The van der Waals surface area contributed by atoms with Gasteiger partial charge in [-0.2, -0.15) is 0 Å². The third-order valence-corrected chi connectivity index (χ3v) is 8.37. The van der Waals surface area contributed by atoms with Crippen molar-refractivity contribution in [3.05, 3.63) is 35.7 Å². The number of hydrogen-bond donors (Lipinski definition) is 3. The second-order valence-electron chi connectivity index (χ2n) is 10.8. The molecule has 0 radical (unpaired) electrons. The molecule has 8 heteroatoms. The molecule has 5 rings (SSSR count). The highest BCUT2D eigenvalue weighted by molar-refractivity contribution is 5.99. The molecule has 2 fully saturated rings. The zero-order valence-corrected chi connectivity index (χ0v) is 21.2. The molecule has 35 heavy (non-hydrogen) atoms. The van der Waals surface area contributed by atoms with Gasteiger partial charge in [0.15, 0.2) is 0 Å². The molecule has 1 aliphatic carbocycles. The standard InChI is InChI=1S/C27H40N6O2/c1-31-17-22-18-33(24-6-4-3-5-23(24)30-26(22)32(31)2)27(35)21-9-7-20(8-10-21)16-29-25(34)15-19-11-13-28-14-12-19/h3-6,19-21,28,30H,7-18H2,1-2H3,(H,29,34). The van der Waals surface area contributed by atoms with Crippen molar-refractivity contribution in [1.82, 2.24) is 20.7 Å². The number of hydrogen-bond acceptors (Lipinski definition) is 6. The van der Waals surface area contributed by atoms with Crippen LogP contribution >= 0.6 is 0 Å². The number of carbonyl (C=O) groups is 2. The van der Waals surface area contributed by atoms with Gasteiger partial charge in [0.05, 0.1) is 17.9 Å². The molecule has 1 saturated carbocycles. The maximum absolute atomic E-state index is 13.8. The molecule has 190 valence electrons. The quantitative estimate of drug-likeness (QED) is 0.602. The maximum atomic E-state index is 13.8. The number of carbonyl (C=O) groups excluding carboxylic acids is 2. The predicted molar refractivity (Wildman–Crippen MR) is 139 cm³/mol. The van der Waals surface area contributed by atoms with Crippen LogP contribution in [0, 0.1) is 17.8 Å². The topological polar surface area (TPSA) is 80.0 Å².